The number of rotatable bonds is 6. The summed E-state index contributed by atoms with van der Waals surface area (Å²) >= 11 is 0. The fourth-order valence-corrected chi connectivity index (χ4v) is 2.79. The van der Waals surface area contributed by atoms with Crippen LogP contribution in [0.2, 0.25) is 0 Å². The first-order valence-corrected chi connectivity index (χ1v) is 9.22. The highest BCUT2D eigenvalue weighted by atomic mass is 16.5. The van der Waals surface area contributed by atoms with Gasteiger partial charge in [-0.15, -0.1) is 0 Å². The molecular weight excluding hydrogens is 344 g/mol. The quantitative estimate of drug-likeness (QED) is 0.720. The van der Waals surface area contributed by atoms with Crippen molar-refractivity contribution in [2.75, 3.05) is 0 Å². The normalized spacial score (nSPS) is 14.9. The SMILES string of the molecule is CC[C@@H](C)NC(=O)c1cnn(-c2cc(-c3nc(C4CC4)no3)ccn2)c1C. The Kier molecular flexibility index (Phi) is 4.47. The smallest absolute Gasteiger partial charge is 0.258 e. The number of nitrogens with one attached hydrogen (secondary N) is 1. The van der Waals surface area contributed by atoms with Crippen LogP contribution in [0.3, 0.4) is 0 Å². The first kappa shape index (κ1) is 17.4. The minimum Gasteiger partial charge on any atom is -0.349 e. The van der Waals surface area contributed by atoms with E-state index in [0.29, 0.717) is 23.2 Å². The number of amides is 1. The van der Waals surface area contributed by atoms with Gasteiger partial charge in [0.25, 0.3) is 11.8 Å². The van der Waals surface area contributed by atoms with Crippen molar-refractivity contribution in [1.29, 1.82) is 0 Å². The third-order valence-electron chi connectivity index (χ3n) is 4.84. The predicted molar refractivity (Wildman–Crippen MR) is 98.6 cm³/mol. The van der Waals surface area contributed by atoms with Gasteiger partial charge in [0, 0.05) is 23.7 Å². The van der Waals surface area contributed by atoms with Gasteiger partial charge in [0.15, 0.2) is 11.6 Å². The van der Waals surface area contributed by atoms with E-state index in [9.17, 15) is 4.79 Å². The predicted octanol–water partition coefficient (Wildman–Crippen LogP) is 3.03. The highest BCUT2D eigenvalue weighted by Gasteiger charge is 2.29. The Bertz CT molecular complexity index is 972. The van der Waals surface area contributed by atoms with Gasteiger partial charge in [0.2, 0.25) is 0 Å². The second-order valence-corrected chi connectivity index (χ2v) is 6.97. The molecule has 1 atom stereocenters. The van der Waals surface area contributed by atoms with Gasteiger partial charge in [-0.05, 0) is 45.2 Å². The second-order valence-electron chi connectivity index (χ2n) is 6.97. The molecule has 0 saturated heterocycles. The summed E-state index contributed by atoms with van der Waals surface area (Å²) in [4.78, 5) is 21.3. The van der Waals surface area contributed by atoms with Crippen LogP contribution >= 0.6 is 0 Å². The summed E-state index contributed by atoms with van der Waals surface area (Å²) in [5.74, 6) is 2.14. The van der Waals surface area contributed by atoms with Crippen molar-refractivity contribution in [2.24, 2.45) is 0 Å². The highest BCUT2D eigenvalue weighted by Crippen LogP contribution is 2.38. The molecule has 1 aliphatic carbocycles. The van der Waals surface area contributed by atoms with Crippen molar-refractivity contribution in [3.63, 3.8) is 0 Å². The lowest BCUT2D eigenvalue weighted by Gasteiger charge is -2.11. The summed E-state index contributed by atoms with van der Waals surface area (Å²) in [6.45, 7) is 5.86. The molecule has 4 rings (SSSR count). The minimum atomic E-state index is -0.129. The van der Waals surface area contributed by atoms with E-state index in [4.69, 9.17) is 4.52 Å². The topological polar surface area (TPSA) is 98.7 Å². The molecule has 0 unspecified atom stereocenters. The van der Waals surface area contributed by atoms with Gasteiger partial charge in [0.1, 0.15) is 0 Å². The average Bonchev–Trinajstić information content (AvgIpc) is 3.27. The highest BCUT2D eigenvalue weighted by molar-refractivity contribution is 5.95. The van der Waals surface area contributed by atoms with Gasteiger partial charge in [0.05, 0.1) is 17.5 Å². The van der Waals surface area contributed by atoms with Crippen LogP contribution in [0.4, 0.5) is 0 Å². The fraction of sp³-hybridized carbons (Fsp3) is 0.421. The van der Waals surface area contributed by atoms with Crippen LogP contribution in [0.1, 0.15) is 60.9 Å². The van der Waals surface area contributed by atoms with Gasteiger partial charge in [-0.25, -0.2) is 9.67 Å². The first-order valence-electron chi connectivity index (χ1n) is 9.22. The van der Waals surface area contributed by atoms with E-state index < -0.39 is 0 Å². The molecule has 3 heterocycles. The first-order chi connectivity index (χ1) is 13.1. The molecule has 3 aromatic rings. The maximum Gasteiger partial charge on any atom is 0.258 e. The van der Waals surface area contributed by atoms with E-state index >= 15 is 0 Å². The summed E-state index contributed by atoms with van der Waals surface area (Å²) in [5.41, 5.74) is 2.04. The number of aromatic nitrogens is 5. The van der Waals surface area contributed by atoms with E-state index in [1.165, 1.54) is 0 Å². The lowest BCUT2D eigenvalue weighted by molar-refractivity contribution is 0.0938. The molecule has 1 fully saturated rings. The molecule has 0 spiro atoms. The molecule has 0 bridgehead atoms. The molecule has 1 N–H and O–H groups in total. The zero-order chi connectivity index (χ0) is 19.0. The Labute approximate surface area is 157 Å². The summed E-state index contributed by atoms with van der Waals surface area (Å²) in [6.07, 6.45) is 6.35. The second kappa shape index (κ2) is 6.94. The van der Waals surface area contributed by atoms with E-state index in [1.807, 2.05) is 32.9 Å². The molecule has 1 aliphatic rings. The molecule has 1 amide bonds. The standard InChI is InChI=1S/C19H22N6O2/c1-4-11(2)22-18(26)15-10-21-25(12(15)3)16-9-14(7-8-20-16)19-23-17(24-27-19)13-5-6-13/h7-11,13H,4-6H2,1-3H3,(H,22,26)/t11-/m1/s1. The average molecular weight is 366 g/mol. The van der Waals surface area contributed by atoms with Crippen molar-refractivity contribution in [2.45, 2.75) is 52.0 Å². The molecule has 0 radical (unpaired) electrons. The van der Waals surface area contributed by atoms with Crippen LogP contribution in [0.15, 0.2) is 29.0 Å². The Morgan fingerprint density at radius 1 is 1.44 bits per heavy atom. The van der Waals surface area contributed by atoms with E-state index in [1.54, 1.807) is 17.1 Å². The van der Waals surface area contributed by atoms with Gasteiger partial charge in [-0.3, -0.25) is 4.79 Å². The van der Waals surface area contributed by atoms with Gasteiger partial charge in [-0.1, -0.05) is 12.1 Å². The van der Waals surface area contributed by atoms with Crippen LogP contribution in [0.25, 0.3) is 17.3 Å². The van der Waals surface area contributed by atoms with Crippen molar-refractivity contribution in [3.05, 3.63) is 41.6 Å². The number of carbonyl (C=O) groups excluding carboxylic acids is 1. The Morgan fingerprint density at radius 2 is 2.26 bits per heavy atom. The number of hydrogen-bond acceptors (Lipinski definition) is 6. The summed E-state index contributed by atoms with van der Waals surface area (Å²) in [5, 5.41) is 11.4. The van der Waals surface area contributed by atoms with Crippen LogP contribution < -0.4 is 5.32 Å². The zero-order valence-electron chi connectivity index (χ0n) is 15.6. The molecule has 27 heavy (non-hydrogen) atoms. The summed E-state index contributed by atoms with van der Waals surface area (Å²) in [6, 6.07) is 3.77. The molecule has 8 heteroatoms. The van der Waals surface area contributed by atoms with Crippen molar-refractivity contribution < 1.29 is 9.32 Å². The van der Waals surface area contributed by atoms with E-state index in [0.717, 1.165) is 36.3 Å². The molecule has 0 aliphatic heterocycles. The number of nitrogens with zero attached hydrogens (tertiary/aromatic N) is 5. The molecule has 1 saturated carbocycles. The van der Waals surface area contributed by atoms with Gasteiger partial charge in [-0.2, -0.15) is 10.1 Å². The van der Waals surface area contributed by atoms with Crippen molar-refractivity contribution >= 4 is 5.91 Å². The number of pyridine rings is 1. The maximum absolute atomic E-state index is 12.4. The number of hydrogen-bond donors (Lipinski definition) is 1. The van der Waals surface area contributed by atoms with Crippen LogP contribution in [0.5, 0.6) is 0 Å². The Balaban J connectivity index is 1.61. The Hall–Kier alpha value is -3.03. The molecule has 8 nitrogen and oxygen atoms in total. The van der Waals surface area contributed by atoms with Crippen LogP contribution in [0, 0.1) is 6.92 Å². The lowest BCUT2D eigenvalue weighted by Crippen LogP contribution is -2.32. The zero-order valence-corrected chi connectivity index (χ0v) is 15.6. The summed E-state index contributed by atoms with van der Waals surface area (Å²) in [7, 11) is 0. The van der Waals surface area contributed by atoms with E-state index in [-0.39, 0.29) is 11.9 Å². The van der Waals surface area contributed by atoms with Crippen LogP contribution in [-0.2, 0) is 0 Å². The molecular formula is C19H22N6O2. The van der Waals surface area contributed by atoms with Crippen LogP contribution in [-0.4, -0.2) is 36.9 Å². The third kappa shape index (κ3) is 3.47. The monoisotopic (exact) mass is 366 g/mol. The van der Waals surface area contributed by atoms with Gasteiger partial charge >= 0.3 is 0 Å². The number of carbonyl (C=O) groups is 1. The Morgan fingerprint density at radius 3 is 3.00 bits per heavy atom. The third-order valence-corrected chi connectivity index (χ3v) is 4.84. The molecule has 0 aromatic carbocycles. The minimum absolute atomic E-state index is 0.111. The maximum atomic E-state index is 12.4. The molecule has 3 aromatic heterocycles. The van der Waals surface area contributed by atoms with E-state index in [2.05, 4.69) is 25.5 Å². The largest absolute Gasteiger partial charge is 0.349 e. The molecule has 140 valence electrons. The van der Waals surface area contributed by atoms with Crippen molar-refractivity contribution in [3.8, 4) is 17.3 Å². The fourth-order valence-electron chi connectivity index (χ4n) is 2.79. The van der Waals surface area contributed by atoms with Crippen molar-refractivity contribution in [1.82, 2.24) is 30.2 Å². The van der Waals surface area contributed by atoms with Gasteiger partial charge < -0.3 is 9.84 Å². The summed E-state index contributed by atoms with van der Waals surface area (Å²) < 4.78 is 7.04. The lowest BCUT2D eigenvalue weighted by atomic mass is 10.2.